The fourth-order valence-electron chi connectivity index (χ4n) is 3.95. The van der Waals surface area contributed by atoms with Gasteiger partial charge in [0.25, 0.3) is 11.8 Å². The van der Waals surface area contributed by atoms with E-state index in [1.54, 1.807) is 29.2 Å². The molecule has 0 aliphatic carbocycles. The maximum atomic E-state index is 13.1. The second kappa shape index (κ2) is 10.1. The lowest BCUT2D eigenvalue weighted by molar-refractivity contribution is -0.662. The number of thioether (sulfide) groups is 1. The number of carboxylic acids is 1. The van der Waals surface area contributed by atoms with Crippen LogP contribution in [0.5, 0.6) is 0 Å². The number of carboxylic acid groups (broad SMARTS) is 1. The number of β-lactam (4-membered cyclic amide) rings is 1. The average molecular weight is 547 g/mol. The van der Waals surface area contributed by atoms with E-state index < -0.39 is 29.2 Å². The second-order valence-electron chi connectivity index (χ2n) is 7.80. The van der Waals surface area contributed by atoms with Gasteiger partial charge >= 0.3 is 11.6 Å². The molecule has 0 spiro atoms. The maximum absolute atomic E-state index is 13.1. The predicted octanol–water partition coefficient (Wildman–Crippen LogP) is -1.18. The largest absolute Gasteiger partial charge is 0.477 e. The number of ether oxygens (including phenoxy) is 1. The number of aliphatic carboxylic acids is 1. The number of oxime groups is 1. The summed E-state index contributed by atoms with van der Waals surface area (Å²) in [6.07, 6.45) is 5.20. The molecule has 2 aliphatic rings. The number of imidazole rings is 1. The Kier molecular flexibility index (Phi) is 6.72. The first kappa shape index (κ1) is 24.6. The predicted molar refractivity (Wildman–Crippen MR) is 129 cm³/mol. The molecule has 15 nitrogen and oxygen atoms in total. The van der Waals surface area contributed by atoms with Gasteiger partial charge in [-0.2, -0.15) is 9.36 Å². The van der Waals surface area contributed by atoms with Crippen molar-refractivity contribution in [1.82, 2.24) is 29.2 Å². The van der Waals surface area contributed by atoms with Crippen molar-refractivity contribution in [2.75, 3.05) is 25.4 Å². The summed E-state index contributed by atoms with van der Waals surface area (Å²) >= 11 is 2.21. The lowest BCUT2D eigenvalue weighted by Gasteiger charge is -2.49. The summed E-state index contributed by atoms with van der Waals surface area (Å²) in [4.78, 5) is 48.3. The number of carbonyl (C=O) groups excluding carboxylic acids is 2. The third-order valence-corrected chi connectivity index (χ3v) is 7.41. The highest BCUT2D eigenvalue weighted by Crippen LogP contribution is 2.40. The maximum Gasteiger partial charge on any atom is 0.352 e. The van der Waals surface area contributed by atoms with Gasteiger partial charge in [-0.15, -0.1) is 16.3 Å². The van der Waals surface area contributed by atoms with Gasteiger partial charge in [0.2, 0.25) is 18.3 Å². The summed E-state index contributed by atoms with van der Waals surface area (Å²) in [5, 5.41) is 20.0. The van der Waals surface area contributed by atoms with E-state index in [4.69, 9.17) is 15.3 Å². The van der Waals surface area contributed by atoms with Crippen LogP contribution in [0.4, 0.5) is 5.13 Å². The van der Waals surface area contributed by atoms with E-state index in [-0.39, 0.29) is 35.7 Å². The van der Waals surface area contributed by atoms with Crippen LogP contribution in [-0.4, -0.2) is 83.5 Å². The van der Waals surface area contributed by atoms with Gasteiger partial charge in [0, 0.05) is 36.0 Å². The summed E-state index contributed by atoms with van der Waals surface area (Å²) in [5.41, 5.74) is 6.56. The Hall–Kier alpha value is -4.09. The standard InChI is InChI=1S/C20H19N9O6S2/c1-34-9-35-25-12(15-24-20(21)37-26-15)16(30)23-13-17(31)29-14(19(32)33)10(8-36-18(13)29)7-27-5-6-28-11(27)3-2-4-22-28/h2-6,13,18H,7-9H2,1H3,(H3-,21,23,24,26,30,32,33)/p+1/b25-12-/t13-,18-/m1/s1. The van der Waals surface area contributed by atoms with Crippen LogP contribution in [0.1, 0.15) is 5.82 Å². The van der Waals surface area contributed by atoms with E-state index in [0.717, 1.165) is 17.2 Å². The minimum absolute atomic E-state index is 0.0734. The molecular formula is C20H20N9O6S2+. The number of anilines is 1. The Bertz CT molecular complexity index is 1450. The lowest BCUT2D eigenvalue weighted by Crippen LogP contribution is -2.71. The van der Waals surface area contributed by atoms with Crippen molar-refractivity contribution in [1.29, 1.82) is 0 Å². The highest BCUT2D eigenvalue weighted by Gasteiger charge is 2.54. The number of hydrogen-bond acceptors (Lipinski definition) is 12. The van der Waals surface area contributed by atoms with E-state index in [1.165, 1.54) is 23.8 Å². The number of methoxy groups -OCH3 is 1. The van der Waals surface area contributed by atoms with Crippen LogP contribution in [-0.2, 0) is 30.5 Å². The molecular weight excluding hydrogens is 526 g/mol. The topological polar surface area (TPSA) is 191 Å². The Labute approximate surface area is 216 Å². The van der Waals surface area contributed by atoms with Gasteiger partial charge in [-0.05, 0) is 6.07 Å². The number of fused-ring (bicyclic) bond motifs is 2. The molecule has 2 atom stereocenters. The number of rotatable bonds is 9. The Morgan fingerprint density at radius 3 is 3.00 bits per heavy atom. The SMILES string of the molecule is COCO/N=C(\C(=O)N[C@@H]1C(=O)N2C(C(=O)O)=C(C[n+]3ccn4ncccc43)CS[C@H]12)c1nsc(N)n1. The van der Waals surface area contributed by atoms with E-state index in [0.29, 0.717) is 11.3 Å². The monoisotopic (exact) mass is 546 g/mol. The summed E-state index contributed by atoms with van der Waals surface area (Å²) < 4.78 is 12.3. The van der Waals surface area contributed by atoms with Gasteiger partial charge in [0.05, 0.1) is 6.20 Å². The summed E-state index contributed by atoms with van der Waals surface area (Å²) in [6, 6.07) is 2.65. The van der Waals surface area contributed by atoms with Crippen LogP contribution < -0.4 is 15.6 Å². The molecule has 1 fully saturated rings. The number of nitrogens with two attached hydrogens (primary N) is 1. The Morgan fingerprint density at radius 1 is 1.43 bits per heavy atom. The Morgan fingerprint density at radius 2 is 2.27 bits per heavy atom. The van der Waals surface area contributed by atoms with Crippen molar-refractivity contribution in [2.45, 2.75) is 18.0 Å². The van der Waals surface area contributed by atoms with Crippen molar-refractivity contribution < 1.29 is 33.6 Å². The van der Waals surface area contributed by atoms with Crippen LogP contribution in [0.15, 0.2) is 47.1 Å². The minimum Gasteiger partial charge on any atom is -0.477 e. The smallest absolute Gasteiger partial charge is 0.352 e. The molecule has 192 valence electrons. The van der Waals surface area contributed by atoms with Gasteiger partial charge in [-0.25, -0.2) is 9.36 Å². The van der Waals surface area contributed by atoms with Crippen LogP contribution in [0.3, 0.4) is 0 Å². The molecule has 0 saturated carbocycles. The first-order valence-electron chi connectivity index (χ1n) is 10.7. The summed E-state index contributed by atoms with van der Waals surface area (Å²) in [6.45, 7) is 0.0285. The van der Waals surface area contributed by atoms with Gasteiger partial charge in [-0.1, -0.05) is 10.3 Å². The van der Waals surface area contributed by atoms with Crippen molar-refractivity contribution in [3.05, 3.63) is 47.8 Å². The number of nitrogens with zero attached hydrogens (tertiary/aromatic N) is 7. The molecule has 37 heavy (non-hydrogen) atoms. The van der Waals surface area contributed by atoms with E-state index >= 15 is 0 Å². The van der Waals surface area contributed by atoms with Crippen molar-refractivity contribution in [2.24, 2.45) is 5.16 Å². The third kappa shape index (κ3) is 4.58. The molecule has 5 rings (SSSR count). The number of nitrogen functional groups attached to an aromatic ring is 1. The highest BCUT2D eigenvalue weighted by molar-refractivity contribution is 8.00. The first-order chi connectivity index (χ1) is 17.9. The molecule has 17 heteroatoms. The van der Waals surface area contributed by atoms with Crippen LogP contribution in [0.25, 0.3) is 5.65 Å². The molecule has 1 saturated heterocycles. The second-order valence-corrected chi connectivity index (χ2v) is 9.69. The third-order valence-electron chi connectivity index (χ3n) is 5.53. The molecule has 3 aromatic rings. The van der Waals surface area contributed by atoms with Gasteiger partial charge < -0.3 is 25.7 Å². The number of aromatic nitrogens is 5. The average Bonchev–Trinajstić information content (AvgIpc) is 3.50. The van der Waals surface area contributed by atoms with Gasteiger partial charge in [0.15, 0.2) is 11.3 Å². The molecule has 4 N–H and O–H groups in total. The molecule has 3 aromatic heterocycles. The van der Waals surface area contributed by atoms with Crippen molar-refractivity contribution in [3.8, 4) is 0 Å². The van der Waals surface area contributed by atoms with E-state index in [1.807, 2.05) is 10.6 Å². The quantitative estimate of drug-likeness (QED) is 0.0731. The zero-order valence-corrected chi connectivity index (χ0v) is 20.8. The van der Waals surface area contributed by atoms with Crippen LogP contribution in [0, 0.1) is 0 Å². The normalized spacial score (nSPS) is 19.5. The molecule has 2 amide bonds. The number of nitrogens with one attached hydrogen (secondary N) is 1. The molecule has 0 bridgehead atoms. The van der Waals surface area contributed by atoms with Crippen molar-refractivity contribution >= 4 is 57.6 Å². The molecule has 0 radical (unpaired) electrons. The highest BCUT2D eigenvalue weighted by atomic mass is 32.2. The Balaban J connectivity index is 1.36. The van der Waals surface area contributed by atoms with Gasteiger partial charge in [0.1, 0.15) is 29.9 Å². The number of carbonyl (C=O) groups is 3. The van der Waals surface area contributed by atoms with Gasteiger partial charge in [-0.3, -0.25) is 14.5 Å². The zero-order valence-electron chi connectivity index (χ0n) is 19.2. The zero-order chi connectivity index (χ0) is 26.1. The first-order valence-corrected chi connectivity index (χ1v) is 12.5. The van der Waals surface area contributed by atoms with E-state index in [2.05, 4.69) is 24.9 Å². The van der Waals surface area contributed by atoms with Crippen LogP contribution >= 0.6 is 23.3 Å². The number of amides is 2. The molecule has 5 heterocycles. The fourth-order valence-corrected chi connectivity index (χ4v) is 5.72. The van der Waals surface area contributed by atoms with Crippen LogP contribution in [0.2, 0.25) is 0 Å². The van der Waals surface area contributed by atoms with Crippen molar-refractivity contribution in [3.63, 3.8) is 0 Å². The molecule has 0 aromatic carbocycles. The molecule has 0 unspecified atom stereocenters. The lowest BCUT2D eigenvalue weighted by atomic mass is 10.0. The fraction of sp³-hybridized carbons (Fsp3) is 0.300. The summed E-state index contributed by atoms with van der Waals surface area (Å²) in [5.74, 6) is -2.29. The van der Waals surface area contributed by atoms with E-state index in [9.17, 15) is 19.5 Å². The summed E-state index contributed by atoms with van der Waals surface area (Å²) in [7, 11) is 1.38. The number of hydrogen-bond donors (Lipinski definition) is 3. The minimum atomic E-state index is -1.22. The molecule has 2 aliphatic heterocycles.